The summed E-state index contributed by atoms with van der Waals surface area (Å²) in [7, 11) is 1.41. The molecule has 15 heavy (non-hydrogen) atoms. The fourth-order valence-corrected chi connectivity index (χ4v) is 1.55. The Bertz CT molecular complexity index is 318. The van der Waals surface area contributed by atoms with Gasteiger partial charge in [-0.3, -0.25) is 0 Å². The molecule has 2 heteroatoms. The largest absolute Gasteiger partial charge is 0.465 e. The van der Waals surface area contributed by atoms with Crippen LogP contribution in [0.5, 0.6) is 0 Å². The number of benzene rings is 1. The molecule has 0 N–H and O–H groups in total. The molecule has 82 valence electrons. The van der Waals surface area contributed by atoms with Gasteiger partial charge in [0.2, 0.25) is 0 Å². The van der Waals surface area contributed by atoms with Crippen molar-refractivity contribution in [3.8, 4) is 0 Å². The molecule has 0 spiro atoms. The van der Waals surface area contributed by atoms with Gasteiger partial charge in [0, 0.05) is 0 Å². The summed E-state index contributed by atoms with van der Waals surface area (Å²) in [6.07, 6.45) is 4.68. The van der Waals surface area contributed by atoms with Crippen LogP contribution in [0.25, 0.3) is 0 Å². The van der Waals surface area contributed by atoms with E-state index in [0.717, 1.165) is 6.42 Å². The van der Waals surface area contributed by atoms with Gasteiger partial charge in [-0.2, -0.15) is 0 Å². The lowest BCUT2D eigenvalue weighted by molar-refractivity contribution is 0.0600. The smallest absolute Gasteiger partial charge is 0.337 e. The fourth-order valence-electron chi connectivity index (χ4n) is 1.55. The maximum atomic E-state index is 11.3. The number of methoxy groups -OCH3 is 1. The lowest BCUT2D eigenvalue weighted by Crippen LogP contribution is -2.01. The minimum atomic E-state index is -0.257. The van der Waals surface area contributed by atoms with Gasteiger partial charge in [-0.1, -0.05) is 31.9 Å². The minimum Gasteiger partial charge on any atom is -0.465 e. The number of ether oxygens (including phenoxy) is 1. The predicted molar refractivity (Wildman–Crippen MR) is 61.0 cm³/mol. The van der Waals surface area contributed by atoms with Gasteiger partial charge in [0.05, 0.1) is 12.7 Å². The van der Waals surface area contributed by atoms with Crippen LogP contribution in [0, 0.1) is 0 Å². The number of aryl methyl sites for hydroxylation is 1. The lowest BCUT2D eigenvalue weighted by atomic mass is 10.0. The highest BCUT2D eigenvalue weighted by Crippen LogP contribution is 2.10. The maximum absolute atomic E-state index is 11.3. The normalized spacial score (nSPS) is 10.0. The first-order chi connectivity index (χ1) is 7.27. The number of carbonyl (C=O) groups excluding carboxylic acids is 1. The second-order valence-corrected chi connectivity index (χ2v) is 3.65. The van der Waals surface area contributed by atoms with Gasteiger partial charge in [0.1, 0.15) is 0 Å². The van der Waals surface area contributed by atoms with E-state index in [2.05, 4.69) is 17.7 Å². The topological polar surface area (TPSA) is 26.3 Å². The SMILES string of the molecule is CCCCCc1cccc(C(=O)OC)c1. The molecule has 0 aliphatic rings. The predicted octanol–water partition coefficient (Wildman–Crippen LogP) is 3.21. The molecule has 0 saturated carbocycles. The van der Waals surface area contributed by atoms with Gasteiger partial charge in [0.25, 0.3) is 0 Å². The van der Waals surface area contributed by atoms with Crippen molar-refractivity contribution >= 4 is 5.97 Å². The van der Waals surface area contributed by atoms with Crippen LogP contribution < -0.4 is 0 Å². The molecule has 0 bridgehead atoms. The Hall–Kier alpha value is -1.31. The van der Waals surface area contributed by atoms with Crippen molar-refractivity contribution in [1.29, 1.82) is 0 Å². The second kappa shape index (κ2) is 6.23. The molecule has 0 radical (unpaired) electrons. The summed E-state index contributed by atoms with van der Waals surface area (Å²) in [6.45, 7) is 2.19. The zero-order valence-corrected chi connectivity index (χ0v) is 9.45. The molecule has 0 unspecified atom stereocenters. The number of hydrogen-bond acceptors (Lipinski definition) is 2. The van der Waals surface area contributed by atoms with Crippen molar-refractivity contribution in [3.05, 3.63) is 35.4 Å². The number of hydrogen-bond donors (Lipinski definition) is 0. The Labute approximate surface area is 91.3 Å². The summed E-state index contributed by atoms with van der Waals surface area (Å²) in [5.41, 5.74) is 1.86. The molecule has 0 aromatic heterocycles. The average molecular weight is 206 g/mol. The first kappa shape index (κ1) is 11.8. The third kappa shape index (κ3) is 3.74. The summed E-state index contributed by atoms with van der Waals surface area (Å²) >= 11 is 0. The Morgan fingerprint density at radius 2 is 2.13 bits per heavy atom. The van der Waals surface area contributed by atoms with E-state index in [0.29, 0.717) is 5.56 Å². The Kier molecular flexibility index (Phi) is 4.88. The van der Waals surface area contributed by atoms with E-state index in [1.807, 2.05) is 12.1 Å². The van der Waals surface area contributed by atoms with Crippen molar-refractivity contribution in [2.45, 2.75) is 32.6 Å². The third-order valence-electron chi connectivity index (χ3n) is 2.42. The quantitative estimate of drug-likeness (QED) is 0.546. The molecule has 0 amide bonds. The molecule has 0 heterocycles. The number of rotatable bonds is 5. The van der Waals surface area contributed by atoms with Gasteiger partial charge >= 0.3 is 5.97 Å². The summed E-state index contributed by atoms with van der Waals surface area (Å²) in [6, 6.07) is 7.67. The van der Waals surface area contributed by atoms with Gasteiger partial charge in [0.15, 0.2) is 0 Å². The van der Waals surface area contributed by atoms with E-state index < -0.39 is 0 Å². The van der Waals surface area contributed by atoms with Crippen LogP contribution in [0.15, 0.2) is 24.3 Å². The molecule has 2 nitrogen and oxygen atoms in total. The summed E-state index contributed by atoms with van der Waals surface area (Å²) in [5, 5.41) is 0. The van der Waals surface area contributed by atoms with Gasteiger partial charge in [-0.15, -0.1) is 0 Å². The average Bonchev–Trinajstić information content (AvgIpc) is 2.29. The van der Waals surface area contributed by atoms with E-state index >= 15 is 0 Å². The van der Waals surface area contributed by atoms with E-state index in [-0.39, 0.29) is 5.97 Å². The molecular weight excluding hydrogens is 188 g/mol. The van der Waals surface area contributed by atoms with Crippen LogP contribution in [-0.2, 0) is 11.2 Å². The summed E-state index contributed by atoms with van der Waals surface area (Å²) in [5.74, 6) is -0.257. The van der Waals surface area contributed by atoms with Crippen molar-refractivity contribution in [2.75, 3.05) is 7.11 Å². The van der Waals surface area contributed by atoms with Gasteiger partial charge < -0.3 is 4.74 Å². The molecule has 1 aromatic rings. The molecule has 0 aliphatic heterocycles. The van der Waals surface area contributed by atoms with E-state index in [1.54, 1.807) is 6.07 Å². The van der Waals surface area contributed by atoms with Crippen molar-refractivity contribution in [3.63, 3.8) is 0 Å². The molecule has 0 fully saturated rings. The van der Waals surface area contributed by atoms with Crippen LogP contribution in [-0.4, -0.2) is 13.1 Å². The first-order valence-electron chi connectivity index (χ1n) is 5.45. The molecule has 1 rings (SSSR count). The highest BCUT2D eigenvalue weighted by atomic mass is 16.5. The summed E-state index contributed by atoms with van der Waals surface area (Å²) < 4.78 is 4.68. The van der Waals surface area contributed by atoms with E-state index in [9.17, 15) is 4.79 Å². The standard InChI is InChI=1S/C13H18O2/c1-3-4-5-7-11-8-6-9-12(10-11)13(14)15-2/h6,8-10H,3-5,7H2,1-2H3. The zero-order valence-electron chi connectivity index (χ0n) is 9.45. The highest BCUT2D eigenvalue weighted by Gasteiger charge is 2.04. The van der Waals surface area contributed by atoms with Crippen molar-refractivity contribution in [1.82, 2.24) is 0 Å². The fraction of sp³-hybridized carbons (Fsp3) is 0.462. The van der Waals surface area contributed by atoms with Crippen molar-refractivity contribution < 1.29 is 9.53 Å². The van der Waals surface area contributed by atoms with E-state index in [4.69, 9.17) is 0 Å². The van der Waals surface area contributed by atoms with Crippen LogP contribution in [0.2, 0.25) is 0 Å². The molecule has 0 saturated heterocycles. The number of carbonyl (C=O) groups is 1. The van der Waals surface area contributed by atoms with E-state index in [1.165, 1.54) is 31.9 Å². The Morgan fingerprint density at radius 3 is 2.80 bits per heavy atom. The maximum Gasteiger partial charge on any atom is 0.337 e. The van der Waals surface area contributed by atoms with Crippen molar-refractivity contribution in [2.24, 2.45) is 0 Å². The first-order valence-corrected chi connectivity index (χ1v) is 5.45. The molecule has 0 aliphatic carbocycles. The summed E-state index contributed by atoms with van der Waals surface area (Å²) in [4.78, 5) is 11.3. The monoisotopic (exact) mass is 206 g/mol. The minimum absolute atomic E-state index is 0.257. The van der Waals surface area contributed by atoms with Crippen LogP contribution in [0.4, 0.5) is 0 Å². The highest BCUT2D eigenvalue weighted by molar-refractivity contribution is 5.89. The van der Waals surface area contributed by atoms with Crippen LogP contribution >= 0.6 is 0 Å². The molecule has 1 aromatic carbocycles. The second-order valence-electron chi connectivity index (χ2n) is 3.65. The van der Waals surface area contributed by atoms with Gasteiger partial charge in [-0.05, 0) is 30.5 Å². The van der Waals surface area contributed by atoms with Crippen LogP contribution in [0.1, 0.15) is 42.1 Å². The Morgan fingerprint density at radius 1 is 1.33 bits per heavy atom. The number of unbranched alkanes of at least 4 members (excludes halogenated alkanes) is 2. The lowest BCUT2D eigenvalue weighted by Gasteiger charge is -2.03. The molecule has 0 atom stereocenters. The zero-order chi connectivity index (χ0) is 11.1. The molecular formula is C13H18O2. The third-order valence-corrected chi connectivity index (χ3v) is 2.42. The number of esters is 1. The van der Waals surface area contributed by atoms with Gasteiger partial charge in [-0.25, -0.2) is 4.79 Å². The van der Waals surface area contributed by atoms with Crippen LogP contribution in [0.3, 0.4) is 0 Å². The Balaban J connectivity index is 2.62.